The number of benzene rings is 1. The predicted octanol–water partition coefficient (Wildman–Crippen LogP) is 3.83. The van der Waals surface area contributed by atoms with Crippen LogP contribution in [-0.4, -0.2) is 5.38 Å². The van der Waals surface area contributed by atoms with Crippen molar-refractivity contribution in [3.63, 3.8) is 0 Å². The second kappa shape index (κ2) is 3.83. The third kappa shape index (κ3) is 3.11. The Bertz CT molecular complexity index is 300. The molecule has 0 saturated heterocycles. The molecule has 0 aliphatic rings. The van der Waals surface area contributed by atoms with Crippen LogP contribution >= 0.6 is 11.6 Å². The first-order valence-corrected chi connectivity index (χ1v) is 3.87. The second-order valence-electron chi connectivity index (χ2n) is 2.40. The molecule has 0 spiro atoms. The molecular weight excluding hydrogens is 201 g/mol. The topological polar surface area (TPSA) is 0 Å². The first-order chi connectivity index (χ1) is 6.00. The Labute approximate surface area is 78.6 Å². The van der Waals surface area contributed by atoms with Crippen LogP contribution in [0.2, 0.25) is 0 Å². The van der Waals surface area contributed by atoms with E-state index >= 15 is 0 Å². The van der Waals surface area contributed by atoms with Crippen LogP contribution in [0.25, 0.3) is 6.08 Å². The minimum absolute atomic E-state index is 0.348. The summed E-state index contributed by atoms with van der Waals surface area (Å²) in [6.07, 6.45) is 0.701. The largest absolute Gasteiger partial charge is 0.373 e. The van der Waals surface area contributed by atoms with Gasteiger partial charge in [-0.3, -0.25) is 0 Å². The lowest BCUT2D eigenvalue weighted by molar-refractivity contribution is 0.112. The lowest BCUT2D eigenvalue weighted by atomic mass is 10.2. The summed E-state index contributed by atoms with van der Waals surface area (Å²) in [5.74, 6) is -1.65. The van der Waals surface area contributed by atoms with Crippen molar-refractivity contribution in [2.45, 2.75) is 5.38 Å². The summed E-state index contributed by atoms with van der Waals surface area (Å²) in [5.41, 5.74) is 0.348. The molecule has 0 saturated carbocycles. The van der Waals surface area contributed by atoms with Gasteiger partial charge >= 0.3 is 5.38 Å². The quantitative estimate of drug-likeness (QED) is 0.645. The lowest BCUT2D eigenvalue weighted by Gasteiger charge is -2.03. The van der Waals surface area contributed by atoms with E-state index in [1.165, 1.54) is 12.1 Å². The highest BCUT2D eigenvalue weighted by Crippen LogP contribution is 2.30. The van der Waals surface area contributed by atoms with Gasteiger partial charge in [0.25, 0.3) is 0 Å². The number of rotatable bonds is 2. The molecule has 0 radical (unpaired) electrons. The molecule has 0 aliphatic carbocycles. The maximum Gasteiger partial charge on any atom is 0.373 e. The molecule has 0 aromatic heterocycles. The summed E-state index contributed by atoms with van der Waals surface area (Å²) < 4.78 is 36.8. The predicted molar refractivity (Wildman–Crippen MR) is 46.3 cm³/mol. The molecule has 1 aromatic carbocycles. The number of allylic oxidation sites excluding steroid dienone is 1. The van der Waals surface area contributed by atoms with E-state index in [1.54, 1.807) is 18.2 Å². The zero-order valence-electron chi connectivity index (χ0n) is 6.48. The summed E-state index contributed by atoms with van der Waals surface area (Å²) in [6.45, 7) is 0. The van der Waals surface area contributed by atoms with Gasteiger partial charge in [-0.1, -0.05) is 30.3 Å². The van der Waals surface area contributed by atoms with Crippen LogP contribution in [0.1, 0.15) is 5.56 Å². The average Bonchev–Trinajstić information content (AvgIpc) is 2.04. The highest BCUT2D eigenvalue weighted by Gasteiger charge is 2.31. The zero-order chi connectivity index (χ0) is 9.90. The first-order valence-electron chi connectivity index (χ1n) is 3.49. The van der Waals surface area contributed by atoms with E-state index in [2.05, 4.69) is 11.6 Å². The highest BCUT2D eigenvalue weighted by molar-refractivity contribution is 6.23. The van der Waals surface area contributed by atoms with Crippen molar-refractivity contribution < 1.29 is 13.2 Å². The van der Waals surface area contributed by atoms with Gasteiger partial charge in [-0.05, 0) is 23.2 Å². The number of alkyl halides is 3. The van der Waals surface area contributed by atoms with E-state index in [9.17, 15) is 13.2 Å². The summed E-state index contributed by atoms with van der Waals surface area (Å²) in [6, 6.07) is 7.94. The third-order valence-electron chi connectivity index (χ3n) is 1.36. The maximum absolute atomic E-state index is 12.6. The van der Waals surface area contributed by atoms with E-state index in [1.807, 2.05) is 0 Å². The Kier molecular flexibility index (Phi) is 2.98. The van der Waals surface area contributed by atoms with Crippen molar-refractivity contribution in [1.82, 2.24) is 0 Å². The number of halogens is 4. The average molecular weight is 207 g/mol. The van der Waals surface area contributed by atoms with Crippen molar-refractivity contribution in [2.75, 3.05) is 0 Å². The van der Waals surface area contributed by atoms with Crippen LogP contribution < -0.4 is 0 Å². The summed E-state index contributed by atoms with van der Waals surface area (Å²) in [5, 5.41) is -3.92. The molecule has 0 amide bonds. The SMILES string of the molecule is F/C(=C\c1ccccc1)C(F)(F)Cl. The van der Waals surface area contributed by atoms with E-state index < -0.39 is 11.2 Å². The molecule has 1 rings (SSSR count). The molecular formula is C9H6ClF3. The van der Waals surface area contributed by atoms with Gasteiger partial charge in [0, 0.05) is 0 Å². The number of hydrogen-bond donors (Lipinski definition) is 0. The minimum Gasteiger partial charge on any atom is -0.204 e. The fourth-order valence-electron chi connectivity index (χ4n) is 0.777. The number of hydrogen-bond acceptors (Lipinski definition) is 0. The Morgan fingerprint density at radius 1 is 1.23 bits per heavy atom. The van der Waals surface area contributed by atoms with Crippen LogP contribution in [0.4, 0.5) is 13.2 Å². The van der Waals surface area contributed by atoms with Gasteiger partial charge in [-0.15, -0.1) is 0 Å². The standard InChI is InChI=1S/C9H6ClF3/c10-9(12,13)8(11)6-7-4-2-1-3-5-7/h1-6H/b8-6-. The van der Waals surface area contributed by atoms with Crippen LogP contribution in [0, 0.1) is 0 Å². The van der Waals surface area contributed by atoms with Gasteiger partial charge in [0.05, 0.1) is 0 Å². The van der Waals surface area contributed by atoms with E-state index in [4.69, 9.17) is 0 Å². The first kappa shape index (κ1) is 10.1. The van der Waals surface area contributed by atoms with Gasteiger partial charge in [0.2, 0.25) is 0 Å². The minimum atomic E-state index is -3.92. The molecule has 0 fully saturated rings. The van der Waals surface area contributed by atoms with E-state index in [0.29, 0.717) is 11.6 Å². The Balaban J connectivity index is 2.90. The summed E-state index contributed by atoms with van der Waals surface area (Å²) in [4.78, 5) is 0. The van der Waals surface area contributed by atoms with Gasteiger partial charge in [-0.2, -0.15) is 8.78 Å². The van der Waals surface area contributed by atoms with Gasteiger partial charge < -0.3 is 0 Å². The van der Waals surface area contributed by atoms with Crippen LogP contribution in [-0.2, 0) is 0 Å². The van der Waals surface area contributed by atoms with Crippen LogP contribution in [0.5, 0.6) is 0 Å². The monoisotopic (exact) mass is 206 g/mol. The zero-order valence-corrected chi connectivity index (χ0v) is 7.23. The molecule has 0 atom stereocenters. The molecule has 0 N–H and O–H groups in total. The van der Waals surface area contributed by atoms with Crippen LogP contribution in [0.3, 0.4) is 0 Å². The molecule has 70 valence electrons. The Morgan fingerprint density at radius 3 is 2.23 bits per heavy atom. The van der Waals surface area contributed by atoms with E-state index in [-0.39, 0.29) is 0 Å². The van der Waals surface area contributed by atoms with Crippen molar-refractivity contribution in [3.05, 3.63) is 41.7 Å². The van der Waals surface area contributed by atoms with E-state index in [0.717, 1.165) is 0 Å². The molecule has 0 nitrogen and oxygen atoms in total. The van der Waals surface area contributed by atoms with Gasteiger partial charge in [-0.25, -0.2) is 4.39 Å². The Morgan fingerprint density at radius 2 is 1.77 bits per heavy atom. The molecule has 4 heteroatoms. The lowest BCUT2D eigenvalue weighted by Crippen LogP contribution is -2.05. The van der Waals surface area contributed by atoms with Crippen molar-refractivity contribution in [3.8, 4) is 0 Å². The summed E-state index contributed by atoms with van der Waals surface area (Å²) >= 11 is 4.46. The van der Waals surface area contributed by atoms with Crippen molar-refractivity contribution >= 4 is 17.7 Å². The molecule has 0 aliphatic heterocycles. The molecule has 0 heterocycles. The smallest absolute Gasteiger partial charge is 0.204 e. The molecule has 13 heavy (non-hydrogen) atoms. The van der Waals surface area contributed by atoms with Crippen molar-refractivity contribution in [1.29, 1.82) is 0 Å². The molecule has 0 unspecified atom stereocenters. The van der Waals surface area contributed by atoms with Crippen molar-refractivity contribution in [2.24, 2.45) is 0 Å². The molecule has 1 aromatic rings. The van der Waals surface area contributed by atoms with Gasteiger partial charge in [0.1, 0.15) is 0 Å². The summed E-state index contributed by atoms with van der Waals surface area (Å²) in [7, 11) is 0. The normalized spacial score (nSPS) is 13.1. The second-order valence-corrected chi connectivity index (χ2v) is 2.88. The van der Waals surface area contributed by atoms with Gasteiger partial charge in [0.15, 0.2) is 5.83 Å². The van der Waals surface area contributed by atoms with Crippen LogP contribution in [0.15, 0.2) is 36.2 Å². The maximum atomic E-state index is 12.6. The fourth-order valence-corrected chi connectivity index (χ4v) is 0.832. The highest BCUT2D eigenvalue weighted by atomic mass is 35.5. The molecule has 0 bridgehead atoms. The Hall–Kier alpha value is -0.960. The fraction of sp³-hybridized carbons (Fsp3) is 0.111. The third-order valence-corrected chi connectivity index (χ3v) is 1.54.